The molecular formula is C14H30O4. The standard InChI is InChI=1S/C14H30O4/c1-3-5-6-13(4-2)11-14(16)12-18-10-9-17-8-7-15/h13-16H,3-12H2,1-2H3. The smallest absolute Gasteiger partial charge is 0.0776 e. The largest absolute Gasteiger partial charge is 0.394 e. The summed E-state index contributed by atoms with van der Waals surface area (Å²) in [6.07, 6.45) is 5.23. The minimum atomic E-state index is -0.371. The van der Waals surface area contributed by atoms with Crippen molar-refractivity contribution < 1.29 is 19.7 Å². The zero-order chi connectivity index (χ0) is 13.6. The highest BCUT2D eigenvalue weighted by molar-refractivity contribution is 4.64. The Morgan fingerprint density at radius 3 is 2.39 bits per heavy atom. The van der Waals surface area contributed by atoms with Gasteiger partial charge in [-0.05, 0) is 12.3 Å². The molecule has 0 spiro atoms. The fraction of sp³-hybridized carbons (Fsp3) is 1.00. The zero-order valence-corrected chi connectivity index (χ0v) is 11.9. The van der Waals surface area contributed by atoms with Gasteiger partial charge in [0.25, 0.3) is 0 Å². The first kappa shape index (κ1) is 17.8. The molecule has 0 amide bonds. The fourth-order valence-electron chi connectivity index (χ4n) is 1.94. The Kier molecular flexibility index (Phi) is 13.2. The van der Waals surface area contributed by atoms with Crippen LogP contribution in [0.3, 0.4) is 0 Å². The van der Waals surface area contributed by atoms with Gasteiger partial charge in [0, 0.05) is 0 Å². The summed E-state index contributed by atoms with van der Waals surface area (Å²) in [5.41, 5.74) is 0. The molecule has 2 unspecified atom stereocenters. The molecule has 0 aliphatic carbocycles. The van der Waals surface area contributed by atoms with Crippen molar-refractivity contribution in [3.05, 3.63) is 0 Å². The first-order valence-electron chi connectivity index (χ1n) is 7.18. The summed E-state index contributed by atoms with van der Waals surface area (Å²) < 4.78 is 10.4. The monoisotopic (exact) mass is 262 g/mol. The Morgan fingerprint density at radius 1 is 1.06 bits per heavy atom. The predicted molar refractivity (Wildman–Crippen MR) is 72.7 cm³/mol. The summed E-state index contributed by atoms with van der Waals surface area (Å²) in [5.74, 6) is 0.606. The first-order valence-corrected chi connectivity index (χ1v) is 7.18. The third-order valence-electron chi connectivity index (χ3n) is 3.07. The number of ether oxygens (including phenoxy) is 2. The lowest BCUT2D eigenvalue weighted by Crippen LogP contribution is -2.21. The molecule has 0 aliphatic heterocycles. The maximum atomic E-state index is 9.85. The minimum absolute atomic E-state index is 0.0399. The lowest BCUT2D eigenvalue weighted by molar-refractivity contribution is -0.00900. The van der Waals surface area contributed by atoms with Crippen molar-refractivity contribution in [1.82, 2.24) is 0 Å². The fourth-order valence-corrected chi connectivity index (χ4v) is 1.94. The van der Waals surface area contributed by atoms with E-state index in [1.807, 2.05) is 0 Å². The van der Waals surface area contributed by atoms with Crippen molar-refractivity contribution >= 4 is 0 Å². The molecule has 2 N–H and O–H groups in total. The zero-order valence-electron chi connectivity index (χ0n) is 11.9. The maximum Gasteiger partial charge on any atom is 0.0776 e. The van der Waals surface area contributed by atoms with Gasteiger partial charge in [0.15, 0.2) is 0 Å². The van der Waals surface area contributed by atoms with Crippen molar-refractivity contribution in [2.45, 2.75) is 52.1 Å². The number of aliphatic hydroxyl groups is 2. The molecule has 0 aromatic rings. The van der Waals surface area contributed by atoms with Crippen molar-refractivity contribution in [2.75, 3.05) is 33.0 Å². The molecule has 0 heterocycles. The summed E-state index contributed by atoms with van der Waals surface area (Å²) in [6, 6.07) is 0. The van der Waals surface area contributed by atoms with E-state index >= 15 is 0 Å². The van der Waals surface area contributed by atoms with Gasteiger partial charge in [0.05, 0.1) is 39.1 Å². The van der Waals surface area contributed by atoms with E-state index in [1.54, 1.807) is 0 Å². The molecule has 0 aliphatic rings. The second-order valence-corrected chi connectivity index (χ2v) is 4.72. The van der Waals surface area contributed by atoms with Crippen LogP contribution in [-0.4, -0.2) is 49.4 Å². The lowest BCUT2D eigenvalue weighted by Gasteiger charge is -2.18. The normalized spacial score (nSPS) is 14.7. The van der Waals surface area contributed by atoms with Crippen LogP contribution in [0.4, 0.5) is 0 Å². The van der Waals surface area contributed by atoms with Gasteiger partial charge >= 0.3 is 0 Å². The van der Waals surface area contributed by atoms with Crippen LogP contribution in [0.25, 0.3) is 0 Å². The Balaban J connectivity index is 3.46. The van der Waals surface area contributed by atoms with Crippen LogP contribution in [-0.2, 0) is 9.47 Å². The molecule has 0 fully saturated rings. The second-order valence-electron chi connectivity index (χ2n) is 4.72. The predicted octanol–water partition coefficient (Wildman–Crippen LogP) is 1.98. The molecular weight excluding hydrogens is 232 g/mol. The third-order valence-corrected chi connectivity index (χ3v) is 3.07. The van der Waals surface area contributed by atoms with Crippen molar-refractivity contribution in [3.63, 3.8) is 0 Å². The highest BCUT2D eigenvalue weighted by atomic mass is 16.5. The Bertz CT molecular complexity index is 164. The Hall–Kier alpha value is -0.160. The number of rotatable bonds is 13. The molecule has 0 aromatic carbocycles. The molecule has 0 rings (SSSR count). The molecule has 4 nitrogen and oxygen atoms in total. The summed E-state index contributed by atoms with van der Waals surface area (Å²) in [5, 5.41) is 18.3. The van der Waals surface area contributed by atoms with Gasteiger partial charge in [-0.15, -0.1) is 0 Å². The highest BCUT2D eigenvalue weighted by Gasteiger charge is 2.12. The SMILES string of the molecule is CCCCC(CC)CC(O)COCCOCCO. The van der Waals surface area contributed by atoms with Crippen LogP contribution >= 0.6 is 0 Å². The average Bonchev–Trinajstić information content (AvgIpc) is 2.38. The van der Waals surface area contributed by atoms with Gasteiger partial charge in [-0.25, -0.2) is 0 Å². The maximum absolute atomic E-state index is 9.85. The molecule has 0 aromatic heterocycles. The van der Waals surface area contributed by atoms with E-state index in [9.17, 15) is 5.11 Å². The van der Waals surface area contributed by atoms with Crippen LogP contribution in [0.5, 0.6) is 0 Å². The van der Waals surface area contributed by atoms with E-state index in [0.29, 0.717) is 32.3 Å². The van der Waals surface area contributed by atoms with E-state index in [4.69, 9.17) is 14.6 Å². The Labute approximate surface area is 111 Å². The number of aliphatic hydroxyl groups excluding tert-OH is 2. The minimum Gasteiger partial charge on any atom is -0.394 e. The van der Waals surface area contributed by atoms with Gasteiger partial charge in [-0.2, -0.15) is 0 Å². The number of hydrogen-bond donors (Lipinski definition) is 2. The molecule has 18 heavy (non-hydrogen) atoms. The highest BCUT2D eigenvalue weighted by Crippen LogP contribution is 2.18. The summed E-state index contributed by atoms with van der Waals surface area (Å²) >= 11 is 0. The van der Waals surface area contributed by atoms with E-state index in [0.717, 1.165) is 12.8 Å². The van der Waals surface area contributed by atoms with Gasteiger partial charge in [-0.1, -0.05) is 39.5 Å². The van der Waals surface area contributed by atoms with Gasteiger partial charge in [-0.3, -0.25) is 0 Å². The molecule has 0 saturated heterocycles. The van der Waals surface area contributed by atoms with E-state index in [-0.39, 0.29) is 12.7 Å². The molecule has 0 radical (unpaired) electrons. The molecule has 110 valence electrons. The van der Waals surface area contributed by atoms with Gasteiger partial charge < -0.3 is 19.7 Å². The molecule has 0 saturated carbocycles. The van der Waals surface area contributed by atoms with E-state index in [1.165, 1.54) is 19.3 Å². The quantitative estimate of drug-likeness (QED) is 0.498. The van der Waals surface area contributed by atoms with E-state index < -0.39 is 0 Å². The summed E-state index contributed by atoms with van der Waals surface area (Å²) in [7, 11) is 0. The summed E-state index contributed by atoms with van der Waals surface area (Å²) in [4.78, 5) is 0. The lowest BCUT2D eigenvalue weighted by atomic mass is 9.93. The molecule has 4 heteroatoms. The van der Waals surface area contributed by atoms with Crippen molar-refractivity contribution in [3.8, 4) is 0 Å². The molecule has 0 bridgehead atoms. The first-order chi connectivity index (χ1) is 8.74. The number of hydrogen-bond acceptors (Lipinski definition) is 4. The van der Waals surface area contributed by atoms with Crippen LogP contribution < -0.4 is 0 Å². The van der Waals surface area contributed by atoms with Gasteiger partial charge in [0.1, 0.15) is 0 Å². The van der Waals surface area contributed by atoms with Crippen LogP contribution in [0.1, 0.15) is 46.0 Å². The molecule has 2 atom stereocenters. The number of unbranched alkanes of at least 4 members (excludes halogenated alkanes) is 1. The van der Waals surface area contributed by atoms with Crippen LogP contribution in [0, 0.1) is 5.92 Å². The average molecular weight is 262 g/mol. The topological polar surface area (TPSA) is 58.9 Å². The second kappa shape index (κ2) is 13.3. The third kappa shape index (κ3) is 11.0. The van der Waals surface area contributed by atoms with Gasteiger partial charge in [0.2, 0.25) is 0 Å². The van der Waals surface area contributed by atoms with E-state index in [2.05, 4.69) is 13.8 Å². The van der Waals surface area contributed by atoms with Crippen molar-refractivity contribution in [1.29, 1.82) is 0 Å². The summed E-state index contributed by atoms with van der Waals surface area (Å²) in [6.45, 7) is 6.09. The van der Waals surface area contributed by atoms with Crippen molar-refractivity contribution in [2.24, 2.45) is 5.92 Å². The van der Waals surface area contributed by atoms with Crippen LogP contribution in [0.15, 0.2) is 0 Å². The van der Waals surface area contributed by atoms with Crippen LogP contribution in [0.2, 0.25) is 0 Å². The Morgan fingerprint density at radius 2 is 1.78 bits per heavy atom.